The molecule has 0 fully saturated rings. The molecule has 0 aliphatic heterocycles. The molecule has 1 unspecified atom stereocenters. The summed E-state index contributed by atoms with van der Waals surface area (Å²) in [5.74, 6) is 0. The van der Waals surface area contributed by atoms with Gasteiger partial charge >= 0.3 is 0 Å². The Morgan fingerprint density at radius 3 is 2.44 bits per heavy atom. The summed E-state index contributed by atoms with van der Waals surface area (Å²) in [6.07, 6.45) is 1.10. The highest BCUT2D eigenvalue weighted by atomic mass is 16.3. The van der Waals surface area contributed by atoms with E-state index in [1.165, 1.54) is 10.6 Å². The second-order valence-corrected chi connectivity index (χ2v) is 3.68. The first-order chi connectivity index (χ1) is 7.68. The fourth-order valence-electron chi connectivity index (χ4n) is 1.54. The van der Waals surface area contributed by atoms with E-state index < -0.39 is 6.10 Å². The van der Waals surface area contributed by atoms with Crippen LogP contribution in [0, 0.1) is 0 Å². The monoisotopic (exact) mass is 215 g/mol. The second kappa shape index (κ2) is 4.33. The highest BCUT2D eigenvalue weighted by Gasteiger charge is 2.04. The van der Waals surface area contributed by atoms with Crippen LogP contribution in [0.3, 0.4) is 0 Å². The van der Waals surface area contributed by atoms with Crippen LogP contribution < -0.4 is 5.56 Å². The first-order valence-corrected chi connectivity index (χ1v) is 5.14. The second-order valence-electron chi connectivity index (χ2n) is 3.68. The number of para-hydroxylation sites is 1. The molecule has 1 aromatic heterocycles. The molecule has 1 heterocycles. The molecule has 1 N–H and O–H groups in total. The van der Waals surface area contributed by atoms with E-state index in [-0.39, 0.29) is 5.56 Å². The fourth-order valence-corrected chi connectivity index (χ4v) is 1.54. The van der Waals surface area contributed by atoms with Crippen molar-refractivity contribution in [2.75, 3.05) is 0 Å². The Morgan fingerprint density at radius 1 is 1.12 bits per heavy atom. The third-order valence-electron chi connectivity index (χ3n) is 2.45. The summed E-state index contributed by atoms with van der Waals surface area (Å²) in [5, 5.41) is 9.47. The minimum absolute atomic E-state index is 0.101. The smallest absolute Gasteiger partial charge is 0.255 e. The van der Waals surface area contributed by atoms with Gasteiger partial charge in [0.1, 0.15) is 0 Å². The molecule has 0 bridgehead atoms. The lowest BCUT2D eigenvalue weighted by Crippen LogP contribution is -2.17. The van der Waals surface area contributed by atoms with Gasteiger partial charge < -0.3 is 5.11 Å². The molecule has 1 aromatic carbocycles. The maximum absolute atomic E-state index is 11.7. The van der Waals surface area contributed by atoms with Gasteiger partial charge in [0, 0.05) is 18.0 Å². The van der Waals surface area contributed by atoms with E-state index in [0.717, 1.165) is 11.3 Å². The van der Waals surface area contributed by atoms with Crippen molar-refractivity contribution in [3.63, 3.8) is 0 Å². The molecule has 0 saturated carbocycles. The predicted molar refractivity (Wildman–Crippen MR) is 62.7 cm³/mol. The van der Waals surface area contributed by atoms with E-state index >= 15 is 0 Å². The van der Waals surface area contributed by atoms with Crippen molar-refractivity contribution in [2.45, 2.75) is 13.0 Å². The Balaban J connectivity index is 2.56. The molecule has 0 aliphatic rings. The number of nitrogens with zero attached hydrogens (tertiary/aromatic N) is 1. The number of benzene rings is 1. The van der Waals surface area contributed by atoms with Crippen molar-refractivity contribution in [1.82, 2.24) is 4.57 Å². The van der Waals surface area contributed by atoms with E-state index in [4.69, 9.17) is 0 Å². The van der Waals surface area contributed by atoms with E-state index in [0.29, 0.717) is 0 Å². The van der Waals surface area contributed by atoms with Crippen LogP contribution in [0.5, 0.6) is 0 Å². The number of rotatable bonds is 2. The number of hydrogen-bond acceptors (Lipinski definition) is 2. The van der Waals surface area contributed by atoms with Gasteiger partial charge in [-0.1, -0.05) is 18.2 Å². The Kier molecular flexibility index (Phi) is 2.88. The first kappa shape index (κ1) is 10.6. The minimum atomic E-state index is -0.574. The Hall–Kier alpha value is -1.87. The summed E-state index contributed by atoms with van der Waals surface area (Å²) in [5.41, 5.74) is 1.43. The number of hydrogen-bond donors (Lipinski definition) is 1. The lowest BCUT2D eigenvalue weighted by molar-refractivity contribution is 0.198. The highest BCUT2D eigenvalue weighted by Crippen LogP contribution is 2.11. The van der Waals surface area contributed by atoms with Gasteiger partial charge in [-0.25, -0.2) is 0 Å². The normalized spacial score (nSPS) is 12.4. The van der Waals surface area contributed by atoms with Crippen LogP contribution in [0.25, 0.3) is 5.69 Å². The van der Waals surface area contributed by atoms with Crippen LogP contribution in [-0.4, -0.2) is 9.67 Å². The van der Waals surface area contributed by atoms with Crippen LogP contribution in [0.15, 0.2) is 53.5 Å². The van der Waals surface area contributed by atoms with Gasteiger partial charge in [0.25, 0.3) is 5.56 Å². The minimum Gasteiger partial charge on any atom is -0.389 e. The maximum atomic E-state index is 11.7. The fraction of sp³-hybridized carbons (Fsp3) is 0.154. The lowest BCUT2D eigenvalue weighted by Gasteiger charge is -2.09. The molecule has 1 atom stereocenters. The molecule has 2 rings (SSSR count). The summed E-state index contributed by atoms with van der Waals surface area (Å²) in [4.78, 5) is 11.7. The van der Waals surface area contributed by atoms with Crippen molar-refractivity contribution in [1.29, 1.82) is 0 Å². The van der Waals surface area contributed by atoms with Gasteiger partial charge in [-0.15, -0.1) is 0 Å². The van der Waals surface area contributed by atoms with E-state index in [1.54, 1.807) is 19.2 Å². The SMILES string of the molecule is CC(O)c1ccc(=O)n(-c2ccccc2)c1. The molecule has 0 spiro atoms. The average molecular weight is 215 g/mol. The summed E-state index contributed by atoms with van der Waals surface area (Å²) < 4.78 is 1.53. The van der Waals surface area contributed by atoms with E-state index in [2.05, 4.69) is 0 Å². The van der Waals surface area contributed by atoms with Gasteiger partial charge in [-0.05, 0) is 30.7 Å². The number of pyridine rings is 1. The van der Waals surface area contributed by atoms with Gasteiger partial charge in [0.15, 0.2) is 0 Å². The predicted octanol–water partition coefficient (Wildman–Crippen LogP) is 1.89. The van der Waals surface area contributed by atoms with Crippen LogP contribution in [0.2, 0.25) is 0 Å². The Labute approximate surface area is 93.6 Å². The molecule has 2 aromatic rings. The maximum Gasteiger partial charge on any atom is 0.255 e. The zero-order chi connectivity index (χ0) is 11.5. The number of aromatic nitrogens is 1. The molecule has 0 radical (unpaired) electrons. The number of aliphatic hydroxyl groups is 1. The lowest BCUT2D eigenvalue weighted by atomic mass is 10.2. The quantitative estimate of drug-likeness (QED) is 0.831. The number of aliphatic hydroxyl groups excluding tert-OH is 1. The summed E-state index contributed by atoms with van der Waals surface area (Å²) >= 11 is 0. The van der Waals surface area contributed by atoms with Gasteiger partial charge in [-0.3, -0.25) is 9.36 Å². The Bertz CT molecular complexity index is 529. The van der Waals surface area contributed by atoms with Crippen LogP contribution in [0.4, 0.5) is 0 Å². The third-order valence-corrected chi connectivity index (χ3v) is 2.45. The van der Waals surface area contributed by atoms with Crippen molar-refractivity contribution in [3.05, 3.63) is 64.6 Å². The molecule has 3 nitrogen and oxygen atoms in total. The molecular weight excluding hydrogens is 202 g/mol. The molecule has 0 aliphatic carbocycles. The van der Waals surface area contributed by atoms with E-state index in [1.807, 2.05) is 30.3 Å². The van der Waals surface area contributed by atoms with Crippen molar-refractivity contribution >= 4 is 0 Å². The largest absolute Gasteiger partial charge is 0.389 e. The van der Waals surface area contributed by atoms with Gasteiger partial charge in [-0.2, -0.15) is 0 Å². The zero-order valence-electron chi connectivity index (χ0n) is 9.00. The zero-order valence-corrected chi connectivity index (χ0v) is 9.00. The first-order valence-electron chi connectivity index (χ1n) is 5.14. The third kappa shape index (κ3) is 2.04. The van der Waals surface area contributed by atoms with Crippen LogP contribution >= 0.6 is 0 Å². The van der Waals surface area contributed by atoms with Gasteiger partial charge in [0.05, 0.1) is 6.10 Å². The topological polar surface area (TPSA) is 42.2 Å². The summed E-state index contributed by atoms with van der Waals surface area (Å²) in [6, 6.07) is 12.5. The Morgan fingerprint density at radius 2 is 1.81 bits per heavy atom. The van der Waals surface area contributed by atoms with Crippen molar-refractivity contribution in [2.24, 2.45) is 0 Å². The molecule has 0 saturated heterocycles. The van der Waals surface area contributed by atoms with Gasteiger partial charge in [0.2, 0.25) is 0 Å². The molecular formula is C13H13NO2. The molecule has 82 valence electrons. The molecule has 0 amide bonds. The van der Waals surface area contributed by atoms with Crippen molar-refractivity contribution < 1.29 is 5.11 Å². The van der Waals surface area contributed by atoms with E-state index in [9.17, 15) is 9.90 Å². The average Bonchev–Trinajstić information content (AvgIpc) is 2.30. The highest BCUT2D eigenvalue weighted by molar-refractivity contribution is 5.33. The molecule has 3 heteroatoms. The van der Waals surface area contributed by atoms with Crippen LogP contribution in [0.1, 0.15) is 18.6 Å². The summed E-state index contributed by atoms with van der Waals surface area (Å²) in [7, 11) is 0. The van der Waals surface area contributed by atoms with Crippen LogP contribution in [-0.2, 0) is 0 Å². The van der Waals surface area contributed by atoms with Crippen molar-refractivity contribution in [3.8, 4) is 5.69 Å². The standard InChI is InChI=1S/C13H13NO2/c1-10(15)11-7-8-13(16)14(9-11)12-5-3-2-4-6-12/h2-10,15H,1H3. The molecule has 16 heavy (non-hydrogen) atoms. The summed E-state index contributed by atoms with van der Waals surface area (Å²) in [6.45, 7) is 1.68.